The number of nitrogens with one attached hydrogen (secondary N) is 1. The first-order valence-electron chi connectivity index (χ1n) is 6.47. The SMILES string of the molecule is Cc1ccc(C)c(OCC(O)CNCC(F)(F)C(F)F)c1. The second-order valence-corrected chi connectivity index (χ2v) is 4.93. The van der Waals surface area contributed by atoms with Crippen molar-refractivity contribution in [1.82, 2.24) is 5.32 Å². The first kappa shape index (κ1) is 17.7. The van der Waals surface area contributed by atoms with Crippen LogP contribution in [-0.4, -0.2) is 43.3 Å². The molecule has 0 aromatic heterocycles. The highest BCUT2D eigenvalue weighted by Crippen LogP contribution is 2.21. The quantitative estimate of drug-likeness (QED) is 0.725. The molecular weight excluding hydrogens is 290 g/mol. The molecule has 0 aliphatic heterocycles. The number of benzene rings is 1. The van der Waals surface area contributed by atoms with E-state index >= 15 is 0 Å². The molecule has 120 valence electrons. The van der Waals surface area contributed by atoms with Gasteiger partial charge in [0.1, 0.15) is 18.5 Å². The monoisotopic (exact) mass is 309 g/mol. The summed E-state index contributed by atoms with van der Waals surface area (Å²) in [4.78, 5) is 0. The van der Waals surface area contributed by atoms with Gasteiger partial charge in [-0.3, -0.25) is 0 Å². The maximum Gasteiger partial charge on any atom is 0.319 e. The van der Waals surface area contributed by atoms with Crippen molar-refractivity contribution in [3.63, 3.8) is 0 Å². The Balaban J connectivity index is 2.34. The van der Waals surface area contributed by atoms with Gasteiger partial charge in [-0.25, -0.2) is 8.78 Å². The van der Waals surface area contributed by atoms with Crippen LogP contribution in [-0.2, 0) is 0 Å². The smallest absolute Gasteiger partial charge is 0.319 e. The predicted octanol–water partition coefficient (Wildman–Crippen LogP) is 2.53. The first-order valence-corrected chi connectivity index (χ1v) is 6.47. The summed E-state index contributed by atoms with van der Waals surface area (Å²) in [6.45, 7) is 2.16. The van der Waals surface area contributed by atoms with Crippen molar-refractivity contribution in [3.8, 4) is 5.75 Å². The Morgan fingerprint density at radius 3 is 2.57 bits per heavy atom. The number of alkyl halides is 4. The molecule has 3 nitrogen and oxygen atoms in total. The lowest BCUT2D eigenvalue weighted by Crippen LogP contribution is -2.42. The average molecular weight is 309 g/mol. The molecule has 0 bridgehead atoms. The lowest BCUT2D eigenvalue weighted by Gasteiger charge is -2.18. The van der Waals surface area contributed by atoms with Crippen LogP contribution in [0.5, 0.6) is 5.75 Å². The minimum absolute atomic E-state index is 0.114. The van der Waals surface area contributed by atoms with E-state index in [2.05, 4.69) is 5.32 Å². The van der Waals surface area contributed by atoms with Crippen molar-refractivity contribution in [1.29, 1.82) is 0 Å². The van der Waals surface area contributed by atoms with Crippen molar-refractivity contribution in [2.75, 3.05) is 19.7 Å². The summed E-state index contributed by atoms with van der Waals surface area (Å²) in [5, 5.41) is 11.7. The normalized spacial score (nSPS) is 13.5. The molecule has 0 spiro atoms. The van der Waals surface area contributed by atoms with Gasteiger partial charge in [0.2, 0.25) is 0 Å². The second kappa shape index (κ2) is 7.61. The van der Waals surface area contributed by atoms with Crippen molar-refractivity contribution < 1.29 is 27.4 Å². The highest BCUT2D eigenvalue weighted by Gasteiger charge is 2.40. The lowest BCUT2D eigenvalue weighted by molar-refractivity contribution is -0.125. The summed E-state index contributed by atoms with van der Waals surface area (Å²) in [6.07, 6.45) is -4.80. The molecule has 0 heterocycles. The van der Waals surface area contributed by atoms with E-state index in [1.54, 1.807) is 6.07 Å². The van der Waals surface area contributed by atoms with Crippen LogP contribution in [0.4, 0.5) is 17.6 Å². The molecule has 0 aliphatic carbocycles. The van der Waals surface area contributed by atoms with Crippen LogP contribution in [0.15, 0.2) is 18.2 Å². The Bertz CT molecular complexity index is 455. The molecule has 1 unspecified atom stereocenters. The van der Waals surface area contributed by atoms with Crippen LogP contribution < -0.4 is 10.1 Å². The van der Waals surface area contributed by atoms with E-state index in [0.29, 0.717) is 5.75 Å². The van der Waals surface area contributed by atoms with E-state index in [9.17, 15) is 22.7 Å². The minimum Gasteiger partial charge on any atom is -0.491 e. The first-order chi connectivity index (χ1) is 9.72. The van der Waals surface area contributed by atoms with Crippen molar-refractivity contribution in [2.45, 2.75) is 32.3 Å². The van der Waals surface area contributed by atoms with Gasteiger partial charge in [-0.2, -0.15) is 8.78 Å². The molecule has 1 rings (SSSR count). The standard InChI is InChI=1S/C14H19F4NO2/c1-9-3-4-10(2)12(5-9)21-7-11(20)6-19-8-14(17,18)13(15)16/h3-5,11,13,19-20H,6-8H2,1-2H3. The number of aryl methyl sites for hydroxylation is 2. The highest BCUT2D eigenvalue weighted by molar-refractivity contribution is 5.35. The largest absolute Gasteiger partial charge is 0.491 e. The fourth-order valence-corrected chi connectivity index (χ4v) is 1.59. The Morgan fingerprint density at radius 2 is 1.95 bits per heavy atom. The topological polar surface area (TPSA) is 41.5 Å². The van der Waals surface area contributed by atoms with Gasteiger partial charge >= 0.3 is 12.3 Å². The highest BCUT2D eigenvalue weighted by atomic mass is 19.3. The fourth-order valence-electron chi connectivity index (χ4n) is 1.59. The van der Waals surface area contributed by atoms with Gasteiger partial charge in [0, 0.05) is 6.54 Å². The van der Waals surface area contributed by atoms with E-state index in [1.165, 1.54) is 0 Å². The Labute approximate surface area is 120 Å². The van der Waals surface area contributed by atoms with E-state index in [4.69, 9.17) is 4.74 Å². The molecule has 7 heteroatoms. The number of aliphatic hydroxyl groups is 1. The average Bonchev–Trinajstić information content (AvgIpc) is 2.39. The third-order valence-corrected chi connectivity index (χ3v) is 2.83. The van der Waals surface area contributed by atoms with Crippen LogP contribution in [0.2, 0.25) is 0 Å². The molecule has 0 saturated heterocycles. The number of hydrogen-bond acceptors (Lipinski definition) is 3. The Morgan fingerprint density at radius 1 is 1.29 bits per heavy atom. The van der Waals surface area contributed by atoms with Crippen molar-refractivity contribution in [3.05, 3.63) is 29.3 Å². The third-order valence-electron chi connectivity index (χ3n) is 2.83. The molecule has 2 N–H and O–H groups in total. The van der Waals surface area contributed by atoms with E-state index in [1.807, 2.05) is 26.0 Å². The van der Waals surface area contributed by atoms with Crippen LogP contribution in [0.3, 0.4) is 0 Å². The van der Waals surface area contributed by atoms with Crippen molar-refractivity contribution in [2.24, 2.45) is 0 Å². The van der Waals surface area contributed by atoms with E-state index in [-0.39, 0.29) is 13.2 Å². The zero-order valence-electron chi connectivity index (χ0n) is 11.9. The molecule has 0 fully saturated rings. The van der Waals surface area contributed by atoms with Gasteiger partial charge in [0.15, 0.2) is 0 Å². The van der Waals surface area contributed by atoms with Gasteiger partial charge in [-0.15, -0.1) is 0 Å². The van der Waals surface area contributed by atoms with Gasteiger partial charge in [0.25, 0.3) is 0 Å². The molecule has 0 amide bonds. The lowest BCUT2D eigenvalue weighted by atomic mass is 10.1. The van der Waals surface area contributed by atoms with E-state index < -0.39 is 25.0 Å². The van der Waals surface area contributed by atoms with Gasteiger partial charge < -0.3 is 15.2 Å². The number of rotatable bonds is 8. The number of aliphatic hydroxyl groups excluding tert-OH is 1. The fraction of sp³-hybridized carbons (Fsp3) is 0.571. The maximum absolute atomic E-state index is 12.6. The van der Waals surface area contributed by atoms with Gasteiger partial charge in [-0.1, -0.05) is 12.1 Å². The molecule has 0 aliphatic rings. The van der Waals surface area contributed by atoms with Crippen LogP contribution >= 0.6 is 0 Å². The summed E-state index contributed by atoms with van der Waals surface area (Å²) in [5.41, 5.74) is 1.87. The van der Waals surface area contributed by atoms with Gasteiger partial charge in [-0.05, 0) is 31.0 Å². The van der Waals surface area contributed by atoms with Crippen LogP contribution in [0, 0.1) is 13.8 Å². The summed E-state index contributed by atoms with van der Waals surface area (Å²) in [6, 6.07) is 5.56. The zero-order chi connectivity index (χ0) is 16.0. The Hall–Kier alpha value is -1.34. The van der Waals surface area contributed by atoms with Crippen molar-refractivity contribution >= 4 is 0 Å². The Kier molecular flexibility index (Phi) is 6.42. The minimum atomic E-state index is -4.10. The summed E-state index contributed by atoms with van der Waals surface area (Å²) in [5.74, 6) is -3.51. The molecule has 21 heavy (non-hydrogen) atoms. The molecule has 0 radical (unpaired) electrons. The van der Waals surface area contributed by atoms with Crippen LogP contribution in [0.1, 0.15) is 11.1 Å². The molecule has 1 aromatic rings. The zero-order valence-corrected chi connectivity index (χ0v) is 11.9. The summed E-state index contributed by atoms with van der Waals surface area (Å²) in [7, 11) is 0. The molecule has 0 saturated carbocycles. The molecular formula is C14H19F4NO2. The predicted molar refractivity (Wildman–Crippen MR) is 71.2 cm³/mol. The molecule has 1 aromatic carbocycles. The summed E-state index contributed by atoms with van der Waals surface area (Å²) < 4.78 is 54.4. The second-order valence-electron chi connectivity index (χ2n) is 4.93. The van der Waals surface area contributed by atoms with Crippen LogP contribution in [0.25, 0.3) is 0 Å². The maximum atomic E-state index is 12.6. The number of halogens is 4. The number of ether oxygens (including phenoxy) is 1. The number of hydrogen-bond donors (Lipinski definition) is 2. The van der Waals surface area contributed by atoms with Gasteiger partial charge in [0.05, 0.1) is 6.54 Å². The molecule has 1 atom stereocenters. The third kappa shape index (κ3) is 5.89. The summed E-state index contributed by atoms with van der Waals surface area (Å²) >= 11 is 0. The van der Waals surface area contributed by atoms with E-state index in [0.717, 1.165) is 11.1 Å².